The Kier molecular flexibility index (Phi) is 8.06. The summed E-state index contributed by atoms with van der Waals surface area (Å²) in [7, 11) is -1.30. The first-order valence-electron chi connectivity index (χ1n) is 17.6. The lowest BCUT2D eigenvalue weighted by Gasteiger charge is -2.42. The standard InChI is InChI=1S/C36H47N5O5S2/c1-23-20-39(21-24(2)38(23)3)47(43)36-19-31(36)30-18-27(46-4)12-14-28(30)34-33(25-9-6-5-7-10-25)29-13-11-26(17-32(29)41(34)22-36)35(42)37-48(44,45)40-15-8-16-40/h11-14,17-18,23-25,31H,5-10,15-16,19-22H2,1-4H3,(H,37,42)/t23-,24+,31?,36?,47?. The fourth-order valence-corrected chi connectivity index (χ4v) is 12.2. The number of nitrogens with zero attached hydrogens (tertiary/aromatic N) is 4. The number of hydrogen-bond donors (Lipinski definition) is 1. The molecule has 5 atom stereocenters. The van der Waals surface area contributed by atoms with Gasteiger partial charge >= 0.3 is 10.2 Å². The Bertz CT molecular complexity index is 1900. The number of nitrogens with one attached hydrogen (secondary N) is 1. The summed E-state index contributed by atoms with van der Waals surface area (Å²) in [5, 5.41) is 1.10. The summed E-state index contributed by atoms with van der Waals surface area (Å²) in [6.45, 7) is 7.31. The third-order valence-electron chi connectivity index (χ3n) is 12.0. The van der Waals surface area contributed by atoms with Crippen LogP contribution >= 0.6 is 0 Å². The predicted molar refractivity (Wildman–Crippen MR) is 189 cm³/mol. The van der Waals surface area contributed by atoms with Crippen molar-refractivity contribution in [1.82, 2.24) is 22.8 Å². The first-order chi connectivity index (χ1) is 23.0. The number of carbonyl (C=O) groups excluding carboxylic acids is 1. The number of likely N-dealkylation sites (N-methyl/N-ethyl adjacent to an activating group) is 1. The Morgan fingerprint density at radius 2 is 1.73 bits per heavy atom. The molecule has 48 heavy (non-hydrogen) atoms. The molecule has 10 nitrogen and oxygen atoms in total. The molecule has 1 N–H and O–H groups in total. The highest BCUT2D eigenvalue weighted by Gasteiger charge is 2.63. The predicted octanol–water partition coefficient (Wildman–Crippen LogP) is 4.97. The van der Waals surface area contributed by atoms with Gasteiger partial charge in [0, 0.05) is 72.8 Å². The number of ether oxygens (including phenoxy) is 1. The first-order valence-corrected chi connectivity index (χ1v) is 20.1. The molecule has 5 aliphatic rings. The van der Waals surface area contributed by atoms with Gasteiger partial charge in [0.15, 0.2) is 0 Å². The van der Waals surface area contributed by atoms with Crippen molar-refractivity contribution in [1.29, 1.82) is 0 Å². The molecule has 2 aliphatic carbocycles. The zero-order valence-electron chi connectivity index (χ0n) is 28.4. The summed E-state index contributed by atoms with van der Waals surface area (Å²) in [6, 6.07) is 12.6. The summed E-state index contributed by atoms with van der Waals surface area (Å²) in [5.74, 6) is 0.652. The van der Waals surface area contributed by atoms with Gasteiger partial charge in [0.2, 0.25) is 0 Å². The van der Waals surface area contributed by atoms with Crippen LogP contribution in [0.5, 0.6) is 5.75 Å². The fraction of sp³-hybridized carbons (Fsp3) is 0.583. The van der Waals surface area contributed by atoms with Crippen molar-refractivity contribution < 1.29 is 22.2 Å². The van der Waals surface area contributed by atoms with Gasteiger partial charge in [0.25, 0.3) is 5.91 Å². The van der Waals surface area contributed by atoms with E-state index in [0.29, 0.717) is 43.2 Å². The van der Waals surface area contributed by atoms with Gasteiger partial charge in [0.05, 0.1) is 17.6 Å². The van der Waals surface area contributed by atoms with E-state index >= 15 is 0 Å². The number of hydrogen-bond acceptors (Lipinski definition) is 6. The van der Waals surface area contributed by atoms with Gasteiger partial charge in [-0.25, -0.2) is 13.2 Å². The Morgan fingerprint density at radius 3 is 2.40 bits per heavy atom. The zero-order chi connectivity index (χ0) is 33.5. The number of rotatable bonds is 7. The highest BCUT2D eigenvalue weighted by atomic mass is 32.2. The van der Waals surface area contributed by atoms with E-state index in [0.717, 1.165) is 66.7 Å². The van der Waals surface area contributed by atoms with E-state index < -0.39 is 31.8 Å². The van der Waals surface area contributed by atoms with Crippen LogP contribution in [0.2, 0.25) is 0 Å². The van der Waals surface area contributed by atoms with Crippen molar-refractivity contribution in [2.75, 3.05) is 40.3 Å². The van der Waals surface area contributed by atoms with E-state index in [1.54, 1.807) is 13.2 Å². The Balaban J connectivity index is 1.29. The van der Waals surface area contributed by atoms with Crippen LogP contribution in [0, 0.1) is 0 Å². The third kappa shape index (κ3) is 5.16. The van der Waals surface area contributed by atoms with Crippen molar-refractivity contribution in [3.05, 3.63) is 53.1 Å². The maximum absolute atomic E-state index is 15.0. The lowest BCUT2D eigenvalue weighted by atomic mass is 9.81. The minimum Gasteiger partial charge on any atom is -0.497 e. The quantitative estimate of drug-likeness (QED) is 0.375. The molecule has 0 spiro atoms. The Morgan fingerprint density at radius 1 is 1.00 bits per heavy atom. The molecule has 0 radical (unpaired) electrons. The molecule has 3 unspecified atom stereocenters. The normalized spacial score (nSPS) is 28.9. The molecule has 3 aromatic rings. The van der Waals surface area contributed by atoms with E-state index in [9.17, 15) is 17.4 Å². The average Bonchev–Trinajstić information content (AvgIpc) is 3.71. The number of aromatic nitrogens is 1. The summed E-state index contributed by atoms with van der Waals surface area (Å²) < 4.78 is 54.1. The second-order valence-electron chi connectivity index (χ2n) is 14.8. The molecule has 12 heteroatoms. The lowest BCUT2D eigenvalue weighted by molar-refractivity contribution is 0.0977. The van der Waals surface area contributed by atoms with Crippen LogP contribution < -0.4 is 9.46 Å². The number of benzene rings is 2. The Hall–Kier alpha value is -2.77. The lowest BCUT2D eigenvalue weighted by Crippen LogP contribution is -2.57. The van der Waals surface area contributed by atoms with Crippen molar-refractivity contribution in [3.8, 4) is 17.0 Å². The maximum Gasteiger partial charge on any atom is 0.304 e. The molecule has 1 aromatic heterocycles. The van der Waals surface area contributed by atoms with Gasteiger partial charge in [-0.1, -0.05) is 25.3 Å². The number of methoxy groups -OCH3 is 1. The van der Waals surface area contributed by atoms with Crippen molar-refractivity contribution >= 4 is 38.0 Å². The molecule has 0 bridgehead atoms. The van der Waals surface area contributed by atoms with Gasteiger partial charge in [-0.15, -0.1) is 0 Å². The van der Waals surface area contributed by atoms with Crippen LogP contribution in [0.25, 0.3) is 22.2 Å². The number of carbonyl (C=O) groups is 1. The van der Waals surface area contributed by atoms with E-state index in [4.69, 9.17) is 4.74 Å². The first kappa shape index (κ1) is 32.4. The van der Waals surface area contributed by atoms with Crippen LogP contribution in [0.4, 0.5) is 0 Å². The second kappa shape index (κ2) is 11.9. The van der Waals surface area contributed by atoms with E-state index in [2.05, 4.69) is 51.5 Å². The topological polar surface area (TPSA) is 104 Å². The molecule has 3 aliphatic heterocycles. The Labute approximate surface area is 286 Å². The van der Waals surface area contributed by atoms with E-state index in [1.165, 1.54) is 34.7 Å². The molecule has 2 saturated heterocycles. The molecule has 1 amide bonds. The number of amides is 1. The van der Waals surface area contributed by atoms with Gasteiger partial charge in [-0.3, -0.25) is 9.69 Å². The van der Waals surface area contributed by atoms with E-state index in [-0.39, 0.29) is 5.92 Å². The summed E-state index contributed by atoms with van der Waals surface area (Å²) in [5.41, 5.74) is 6.02. The largest absolute Gasteiger partial charge is 0.497 e. The summed E-state index contributed by atoms with van der Waals surface area (Å²) in [6.07, 6.45) is 7.40. The number of fused-ring (bicyclic) bond motifs is 7. The second-order valence-corrected chi connectivity index (χ2v) is 18.3. The summed E-state index contributed by atoms with van der Waals surface area (Å²) >= 11 is 0. The molecule has 258 valence electrons. The molecule has 8 rings (SSSR count). The van der Waals surface area contributed by atoms with Gasteiger partial charge in [-0.2, -0.15) is 12.7 Å². The maximum atomic E-state index is 15.0. The van der Waals surface area contributed by atoms with E-state index in [1.807, 2.05) is 18.2 Å². The SMILES string of the molecule is COc1ccc2c(c1)C1CC1(S(=O)N1C[C@@H](C)N(C)[C@@H](C)C1)Cn1c-2c(C2CCCCC2)c2ccc(C(=O)NS(=O)(=O)N3CCC3)cc21. The monoisotopic (exact) mass is 693 g/mol. The molecular weight excluding hydrogens is 647 g/mol. The minimum absolute atomic E-state index is 0.107. The van der Waals surface area contributed by atoms with Crippen LogP contribution in [-0.2, 0) is 27.7 Å². The van der Waals surface area contributed by atoms with Crippen LogP contribution in [-0.4, -0.2) is 93.8 Å². The highest BCUT2D eigenvalue weighted by Crippen LogP contribution is 2.63. The molecule has 2 aromatic carbocycles. The average molecular weight is 694 g/mol. The van der Waals surface area contributed by atoms with Crippen LogP contribution in [0.15, 0.2) is 36.4 Å². The van der Waals surface area contributed by atoms with Crippen molar-refractivity contribution in [2.45, 2.75) is 94.0 Å². The van der Waals surface area contributed by atoms with Gasteiger partial charge < -0.3 is 9.30 Å². The smallest absolute Gasteiger partial charge is 0.304 e. The van der Waals surface area contributed by atoms with Crippen molar-refractivity contribution in [2.24, 2.45) is 0 Å². The van der Waals surface area contributed by atoms with Crippen LogP contribution in [0.1, 0.15) is 92.1 Å². The minimum atomic E-state index is -3.89. The zero-order valence-corrected chi connectivity index (χ0v) is 30.0. The van der Waals surface area contributed by atoms with Gasteiger partial charge in [0.1, 0.15) is 16.7 Å². The van der Waals surface area contributed by atoms with Gasteiger partial charge in [-0.05, 0) is 94.0 Å². The molecule has 4 fully saturated rings. The van der Waals surface area contributed by atoms with Crippen LogP contribution in [0.3, 0.4) is 0 Å². The summed E-state index contributed by atoms with van der Waals surface area (Å²) in [4.78, 5) is 15.9. The molecule has 2 saturated carbocycles. The number of piperazine rings is 1. The molecular formula is C36H47N5O5S2. The third-order valence-corrected chi connectivity index (χ3v) is 15.5. The van der Waals surface area contributed by atoms with Crippen molar-refractivity contribution in [3.63, 3.8) is 0 Å². The highest BCUT2D eigenvalue weighted by molar-refractivity contribution is 7.87. The molecule has 4 heterocycles. The fourth-order valence-electron chi connectivity index (χ4n) is 8.84.